The zero-order valence-electron chi connectivity index (χ0n) is 6.99. The van der Waals surface area contributed by atoms with Gasteiger partial charge in [0.1, 0.15) is 0 Å². The summed E-state index contributed by atoms with van der Waals surface area (Å²) in [4.78, 5) is 0. The van der Waals surface area contributed by atoms with Crippen molar-refractivity contribution in [3.63, 3.8) is 0 Å². The van der Waals surface area contributed by atoms with E-state index in [1.807, 2.05) is 6.92 Å². The third-order valence-corrected chi connectivity index (χ3v) is 1.64. The first-order chi connectivity index (χ1) is 4.77. The molecule has 0 rings (SSSR count). The fourth-order valence-electron chi connectivity index (χ4n) is 0.728. The van der Waals surface area contributed by atoms with E-state index in [1.165, 1.54) is 12.8 Å². The number of unbranched alkanes of at least 4 members (excludes halogenated alkanes) is 1. The highest BCUT2D eigenvalue weighted by molar-refractivity contribution is 6.20. The van der Waals surface area contributed by atoms with E-state index in [9.17, 15) is 0 Å². The van der Waals surface area contributed by atoms with E-state index in [1.54, 1.807) is 0 Å². The summed E-state index contributed by atoms with van der Waals surface area (Å²) in [7, 11) is 0. The van der Waals surface area contributed by atoms with Crippen molar-refractivity contribution >= 4 is 11.6 Å². The minimum Gasteiger partial charge on any atom is -0.317 e. The lowest BCUT2D eigenvalue weighted by Crippen LogP contribution is -2.18. The van der Waals surface area contributed by atoms with Crippen molar-refractivity contribution in [2.24, 2.45) is 0 Å². The maximum absolute atomic E-state index is 5.75. The Labute approximate surface area is 69.1 Å². The third-order valence-electron chi connectivity index (χ3n) is 1.43. The minimum absolute atomic E-state index is 0.314. The Bertz CT molecular complexity index is 64.3. The molecule has 1 unspecified atom stereocenters. The molecule has 1 N–H and O–H groups in total. The molecule has 0 aromatic heterocycles. The Hall–Kier alpha value is 0.250. The van der Waals surface area contributed by atoms with Crippen molar-refractivity contribution in [1.82, 2.24) is 5.32 Å². The number of hydrogen-bond donors (Lipinski definition) is 1. The Balaban J connectivity index is 2.77. The molecular weight excluding hydrogens is 146 g/mol. The van der Waals surface area contributed by atoms with Crippen molar-refractivity contribution in [2.45, 2.75) is 38.5 Å². The van der Waals surface area contributed by atoms with Crippen LogP contribution in [0.15, 0.2) is 0 Å². The molecule has 2 heteroatoms. The van der Waals surface area contributed by atoms with Gasteiger partial charge in [0.05, 0.1) is 0 Å². The van der Waals surface area contributed by atoms with Gasteiger partial charge in [0.2, 0.25) is 0 Å². The molecule has 1 atom stereocenters. The van der Waals surface area contributed by atoms with Crippen LogP contribution in [0.2, 0.25) is 0 Å². The van der Waals surface area contributed by atoms with Gasteiger partial charge in [-0.2, -0.15) is 0 Å². The van der Waals surface area contributed by atoms with Crippen molar-refractivity contribution in [3.8, 4) is 0 Å². The molecule has 0 aromatic rings. The standard InChI is InChI=1S/C8H18ClN/c1-3-4-6-10-7-5-8(2)9/h8,10H,3-7H2,1-2H3. The number of alkyl halides is 1. The topological polar surface area (TPSA) is 12.0 Å². The summed E-state index contributed by atoms with van der Waals surface area (Å²) in [6.07, 6.45) is 3.62. The van der Waals surface area contributed by atoms with Crippen molar-refractivity contribution < 1.29 is 0 Å². The maximum atomic E-state index is 5.75. The van der Waals surface area contributed by atoms with Crippen LogP contribution >= 0.6 is 11.6 Å². The van der Waals surface area contributed by atoms with Gasteiger partial charge >= 0.3 is 0 Å². The molecule has 0 aliphatic carbocycles. The predicted octanol–water partition coefficient (Wildman–Crippen LogP) is 2.39. The number of hydrogen-bond acceptors (Lipinski definition) is 1. The highest BCUT2D eigenvalue weighted by Gasteiger charge is 1.93. The van der Waals surface area contributed by atoms with Crippen LogP contribution in [0.25, 0.3) is 0 Å². The van der Waals surface area contributed by atoms with Gasteiger partial charge < -0.3 is 5.32 Å². The molecule has 62 valence electrons. The normalized spacial score (nSPS) is 13.5. The van der Waals surface area contributed by atoms with Gasteiger partial charge in [-0.1, -0.05) is 13.3 Å². The number of rotatable bonds is 6. The van der Waals surface area contributed by atoms with Gasteiger partial charge in [-0.3, -0.25) is 0 Å². The van der Waals surface area contributed by atoms with E-state index in [0.29, 0.717) is 5.38 Å². The van der Waals surface area contributed by atoms with E-state index in [0.717, 1.165) is 19.5 Å². The average molecular weight is 164 g/mol. The highest BCUT2D eigenvalue weighted by Crippen LogP contribution is 1.97. The molecule has 0 saturated carbocycles. The Morgan fingerprint density at radius 1 is 1.40 bits per heavy atom. The lowest BCUT2D eigenvalue weighted by Gasteiger charge is -2.03. The van der Waals surface area contributed by atoms with Crippen LogP contribution in [0, 0.1) is 0 Å². The van der Waals surface area contributed by atoms with Gasteiger partial charge in [-0.15, -0.1) is 11.6 Å². The monoisotopic (exact) mass is 163 g/mol. The molecule has 1 nitrogen and oxygen atoms in total. The van der Waals surface area contributed by atoms with Crippen LogP contribution in [-0.2, 0) is 0 Å². The van der Waals surface area contributed by atoms with Crippen LogP contribution < -0.4 is 5.32 Å². The Morgan fingerprint density at radius 2 is 2.10 bits per heavy atom. The van der Waals surface area contributed by atoms with Crippen LogP contribution in [-0.4, -0.2) is 18.5 Å². The second-order valence-electron chi connectivity index (χ2n) is 2.67. The summed E-state index contributed by atoms with van der Waals surface area (Å²) < 4.78 is 0. The fraction of sp³-hybridized carbons (Fsp3) is 1.00. The molecule has 0 saturated heterocycles. The SMILES string of the molecule is CCCCNCCC(C)Cl. The second-order valence-corrected chi connectivity index (χ2v) is 3.42. The molecule has 0 aromatic carbocycles. The van der Waals surface area contributed by atoms with Crippen molar-refractivity contribution in [2.75, 3.05) is 13.1 Å². The largest absolute Gasteiger partial charge is 0.317 e. The van der Waals surface area contributed by atoms with Gasteiger partial charge in [0, 0.05) is 5.38 Å². The number of nitrogens with one attached hydrogen (secondary N) is 1. The lowest BCUT2D eigenvalue weighted by atomic mass is 10.3. The first-order valence-corrected chi connectivity index (χ1v) is 4.55. The molecule has 0 spiro atoms. The summed E-state index contributed by atoms with van der Waals surface area (Å²) in [5.74, 6) is 0. The van der Waals surface area contributed by atoms with Crippen LogP contribution in [0.4, 0.5) is 0 Å². The fourth-order valence-corrected chi connectivity index (χ4v) is 0.837. The zero-order chi connectivity index (χ0) is 7.82. The molecule has 0 fully saturated rings. The molecule has 0 heterocycles. The molecular formula is C8H18ClN. The molecule has 10 heavy (non-hydrogen) atoms. The summed E-state index contributed by atoms with van der Waals surface area (Å²) in [5, 5.41) is 3.65. The Kier molecular flexibility index (Phi) is 7.54. The summed E-state index contributed by atoms with van der Waals surface area (Å²) in [5.41, 5.74) is 0. The molecule has 0 radical (unpaired) electrons. The molecule has 0 amide bonds. The van der Waals surface area contributed by atoms with E-state index in [4.69, 9.17) is 11.6 Å². The molecule has 0 aliphatic heterocycles. The van der Waals surface area contributed by atoms with E-state index >= 15 is 0 Å². The van der Waals surface area contributed by atoms with E-state index in [2.05, 4.69) is 12.2 Å². The third kappa shape index (κ3) is 8.25. The summed E-state index contributed by atoms with van der Waals surface area (Å²) in [6.45, 7) is 6.43. The predicted molar refractivity (Wildman–Crippen MR) is 47.7 cm³/mol. The van der Waals surface area contributed by atoms with Crippen LogP contribution in [0.3, 0.4) is 0 Å². The minimum atomic E-state index is 0.314. The van der Waals surface area contributed by atoms with Gasteiger partial charge in [-0.25, -0.2) is 0 Å². The lowest BCUT2D eigenvalue weighted by molar-refractivity contribution is 0.614. The van der Waals surface area contributed by atoms with Gasteiger partial charge in [0.15, 0.2) is 0 Å². The smallest absolute Gasteiger partial charge is 0.0319 e. The second kappa shape index (κ2) is 7.36. The van der Waals surface area contributed by atoms with E-state index in [-0.39, 0.29) is 0 Å². The number of halogens is 1. The maximum Gasteiger partial charge on any atom is 0.0319 e. The Morgan fingerprint density at radius 3 is 2.60 bits per heavy atom. The highest BCUT2D eigenvalue weighted by atomic mass is 35.5. The molecule has 0 bridgehead atoms. The first kappa shape index (κ1) is 10.2. The van der Waals surface area contributed by atoms with Crippen LogP contribution in [0.1, 0.15) is 33.1 Å². The quantitative estimate of drug-likeness (QED) is 0.469. The van der Waals surface area contributed by atoms with Crippen molar-refractivity contribution in [3.05, 3.63) is 0 Å². The zero-order valence-corrected chi connectivity index (χ0v) is 7.75. The summed E-state index contributed by atoms with van der Waals surface area (Å²) >= 11 is 5.75. The van der Waals surface area contributed by atoms with Crippen molar-refractivity contribution in [1.29, 1.82) is 0 Å². The van der Waals surface area contributed by atoms with E-state index < -0.39 is 0 Å². The van der Waals surface area contributed by atoms with Gasteiger partial charge in [0.25, 0.3) is 0 Å². The summed E-state index contributed by atoms with van der Waals surface area (Å²) in [6, 6.07) is 0. The van der Waals surface area contributed by atoms with Gasteiger partial charge in [-0.05, 0) is 32.9 Å². The average Bonchev–Trinajstić information content (AvgIpc) is 1.87. The van der Waals surface area contributed by atoms with Crippen LogP contribution in [0.5, 0.6) is 0 Å². The molecule has 0 aliphatic rings. The first-order valence-electron chi connectivity index (χ1n) is 4.12.